The summed E-state index contributed by atoms with van der Waals surface area (Å²) in [5.74, 6) is 0. The summed E-state index contributed by atoms with van der Waals surface area (Å²) in [4.78, 5) is 10.1. The first kappa shape index (κ1) is 13.4. The van der Waals surface area contributed by atoms with Crippen LogP contribution in [0.25, 0.3) is 27.6 Å². The number of rotatable bonds is 1. The van der Waals surface area contributed by atoms with Crippen LogP contribution >= 0.6 is 38.9 Å². The molecule has 0 atom stereocenters. The summed E-state index contributed by atoms with van der Waals surface area (Å²) in [6.45, 7) is 2.07. The van der Waals surface area contributed by atoms with Crippen molar-refractivity contribution in [2.45, 2.75) is 13.3 Å². The van der Waals surface area contributed by atoms with Crippen LogP contribution in [0, 0.1) is 6.92 Å². The summed E-state index contributed by atoms with van der Waals surface area (Å²) in [5, 5.41) is 0.288. The Morgan fingerprint density at radius 3 is 3.00 bits per heavy atom. The van der Waals surface area contributed by atoms with E-state index in [0.717, 1.165) is 32.4 Å². The van der Waals surface area contributed by atoms with Gasteiger partial charge in [0.05, 0.1) is 14.9 Å². The number of halogens is 2. The smallest absolute Gasteiger partial charge is 0.216 e. The fourth-order valence-corrected chi connectivity index (χ4v) is 4.53. The van der Waals surface area contributed by atoms with Crippen LogP contribution in [0.2, 0.25) is 5.28 Å². The zero-order valence-electron chi connectivity index (χ0n) is 11.2. The molecule has 4 rings (SSSR count). The molecule has 0 saturated heterocycles. The molecule has 3 aromatic rings. The minimum atomic E-state index is 0.288. The Morgan fingerprint density at radius 2 is 2.14 bits per heavy atom. The van der Waals surface area contributed by atoms with Gasteiger partial charge in [0, 0.05) is 10.4 Å². The molecule has 0 unspecified atom stereocenters. The molecule has 21 heavy (non-hydrogen) atoms. The minimum absolute atomic E-state index is 0.288. The third-order valence-electron chi connectivity index (χ3n) is 3.68. The highest BCUT2D eigenvalue weighted by Gasteiger charge is 2.19. The number of hydrogen-bond acceptors (Lipinski definition) is 3. The van der Waals surface area contributed by atoms with Crippen molar-refractivity contribution in [3.05, 3.63) is 50.0 Å². The molecular formula is C16H10BrClN2S. The van der Waals surface area contributed by atoms with E-state index < -0.39 is 0 Å². The molecule has 104 valence electrons. The van der Waals surface area contributed by atoms with E-state index in [1.807, 2.05) is 0 Å². The number of nitrogens with zero attached hydrogens (tertiary/aromatic N) is 2. The first-order valence-electron chi connectivity index (χ1n) is 6.56. The van der Waals surface area contributed by atoms with Crippen molar-refractivity contribution < 1.29 is 0 Å². The van der Waals surface area contributed by atoms with Crippen molar-refractivity contribution in [3.8, 4) is 11.3 Å². The van der Waals surface area contributed by atoms with Crippen LogP contribution in [-0.4, -0.2) is 9.97 Å². The molecular weight excluding hydrogens is 368 g/mol. The van der Waals surface area contributed by atoms with Crippen molar-refractivity contribution in [2.24, 2.45) is 0 Å². The molecule has 0 fully saturated rings. The second-order valence-corrected chi connectivity index (χ2v) is 7.33. The highest BCUT2D eigenvalue weighted by Crippen LogP contribution is 2.41. The van der Waals surface area contributed by atoms with Crippen LogP contribution in [-0.2, 0) is 6.42 Å². The quantitative estimate of drug-likeness (QED) is 0.512. The van der Waals surface area contributed by atoms with Crippen LogP contribution < -0.4 is 0 Å². The number of aryl methyl sites for hydroxylation is 1. The lowest BCUT2D eigenvalue weighted by Crippen LogP contribution is -1.92. The van der Waals surface area contributed by atoms with Gasteiger partial charge in [0.2, 0.25) is 5.28 Å². The summed E-state index contributed by atoms with van der Waals surface area (Å²) in [6.07, 6.45) is 5.34. The zero-order valence-corrected chi connectivity index (χ0v) is 14.3. The van der Waals surface area contributed by atoms with Crippen LogP contribution in [0.5, 0.6) is 0 Å². The summed E-state index contributed by atoms with van der Waals surface area (Å²) >= 11 is 11.5. The van der Waals surface area contributed by atoms with Gasteiger partial charge in [-0.15, -0.1) is 11.3 Å². The van der Waals surface area contributed by atoms with Crippen molar-refractivity contribution in [1.29, 1.82) is 0 Å². The van der Waals surface area contributed by atoms with E-state index in [1.54, 1.807) is 11.3 Å². The van der Waals surface area contributed by atoms with Crippen molar-refractivity contribution in [2.75, 3.05) is 0 Å². The molecule has 1 aromatic carbocycles. The molecule has 0 spiro atoms. The Kier molecular flexibility index (Phi) is 3.14. The molecule has 2 heterocycles. The Labute approximate surface area is 139 Å². The van der Waals surface area contributed by atoms with E-state index in [-0.39, 0.29) is 5.28 Å². The van der Waals surface area contributed by atoms with E-state index in [1.165, 1.54) is 16.0 Å². The second-order valence-electron chi connectivity index (χ2n) is 4.98. The second kappa shape index (κ2) is 4.90. The Hall–Kier alpha value is -1.23. The van der Waals surface area contributed by atoms with Gasteiger partial charge in [0.15, 0.2) is 0 Å². The lowest BCUT2D eigenvalue weighted by Gasteiger charge is -2.08. The third kappa shape index (κ3) is 2.05. The molecule has 0 saturated carbocycles. The monoisotopic (exact) mass is 376 g/mol. The molecule has 0 aliphatic heterocycles. The first-order chi connectivity index (χ1) is 10.1. The highest BCUT2D eigenvalue weighted by atomic mass is 79.9. The fourth-order valence-electron chi connectivity index (χ4n) is 2.71. The predicted octanol–water partition coefficient (Wildman–Crippen LogP) is 5.65. The summed E-state index contributed by atoms with van der Waals surface area (Å²) in [5.41, 5.74) is 5.53. The normalized spacial score (nSPS) is 13.1. The Morgan fingerprint density at radius 1 is 1.29 bits per heavy atom. The highest BCUT2D eigenvalue weighted by molar-refractivity contribution is 9.10. The largest absolute Gasteiger partial charge is 0.223 e. The molecule has 0 bridgehead atoms. The molecule has 2 aromatic heterocycles. The number of allylic oxidation sites excluding steroid dienone is 1. The van der Waals surface area contributed by atoms with Gasteiger partial charge in [-0.2, -0.15) is 0 Å². The van der Waals surface area contributed by atoms with Gasteiger partial charge in [-0.1, -0.05) is 30.4 Å². The SMILES string of the molecule is Cc1sc2c(-c3cccc4c3C=CC4)nc(Cl)nc2c1Br. The van der Waals surface area contributed by atoms with E-state index in [2.05, 4.69) is 63.2 Å². The van der Waals surface area contributed by atoms with E-state index >= 15 is 0 Å². The lowest BCUT2D eigenvalue weighted by atomic mass is 10.0. The average molecular weight is 378 g/mol. The van der Waals surface area contributed by atoms with Gasteiger partial charge in [-0.25, -0.2) is 9.97 Å². The van der Waals surface area contributed by atoms with Crippen LogP contribution in [0.3, 0.4) is 0 Å². The number of fused-ring (bicyclic) bond motifs is 2. The van der Waals surface area contributed by atoms with Crippen molar-refractivity contribution in [1.82, 2.24) is 9.97 Å². The summed E-state index contributed by atoms with van der Waals surface area (Å²) < 4.78 is 2.09. The fraction of sp³-hybridized carbons (Fsp3) is 0.125. The van der Waals surface area contributed by atoms with Gasteiger partial charge in [-0.05, 0) is 52.0 Å². The van der Waals surface area contributed by atoms with Gasteiger partial charge in [0.1, 0.15) is 5.52 Å². The van der Waals surface area contributed by atoms with Gasteiger partial charge >= 0.3 is 0 Å². The van der Waals surface area contributed by atoms with Crippen LogP contribution in [0.1, 0.15) is 16.0 Å². The number of aromatic nitrogens is 2. The molecule has 1 aliphatic carbocycles. The van der Waals surface area contributed by atoms with Crippen molar-refractivity contribution >= 4 is 55.2 Å². The maximum absolute atomic E-state index is 6.15. The topological polar surface area (TPSA) is 25.8 Å². The molecule has 2 nitrogen and oxygen atoms in total. The maximum atomic E-state index is 6.15. The molecule has 0 N–H and O–H groups in total. The van der Waals surface area contributed by atoms with E-state index in [9.17, 15) is 0 Å². The predicted molar refractivity (Wildman–Crippen MR) is 93.0 cm³/mol. The van der Waals surface area contributed by atoms with Crippen LogP contribution in [0.15, 0.2) is 28.7 Å². The average Bonchev–Trinajstić information content (AvgIpc) is 3.05. The Balaban J connectivity index is 2.10. The van der Waals surface area contributed by atoms with E-state index in [4.69, 9.17) is 11.6 Å². The molecule has 0 radical (unpaired) electrons. The number of benzene rings is 1. The molecule has 1 aliphatic rings. The van der Waals surface area contributed by atoms with Gasteiger partial charge < -0.3 is 0 Å². The van der Waals surface area contributed by atoms with Crippen molar-refractivity contribution in [3.63, 3.8) is 0 Å². The maximum Gasteiger partial charge on any atom is 0.223 e. The van der Waals surface area contributed by atoms with Gasteiger partial charge in [0.25, 0.3) is 0 Å². The van der Waals surface area contributed by atoms with Gasteiger partial charge in [-0.3, -0.25) is 0 Å². The Bertz CT molecular complexity index is 914. The minimum Gasteiger partial charge on any atom is -0.216 e. The summed E-state index contributed by atoms with van der Waals surface area (Å²) in [7, 11) is 0. The zero-order chi connectivity index (χ0) is 14.6. The lowest BCUT2D eigenvalue weighted by molar-refractivity contribution is 1.22. The number of hydrogen-bond donors (Lipinski definition) is 0. The molecule has 0 amide bonds. The molecule has 5 heteroatoms. The summed E-state index contributed by atoms with van der Waals surface area (Å²) in [6, 6.07) is 6.35. The standard InChI is InChI=1S/C16H10BrClN2S/c1-8-12(17)14-15(21-8)13(19-16(18)20-14)11-7-3-5-9-4-2-6-10(9)11/h2-3,5-7H,4H2,1H3. The van der Waals surface area contributed by atoms with Crippen LogP contribution in [0.4, 0.5) is 0 Å². The van der Waals surface area contributed by atoms with E-state index in [0.29, 0.717) is 0 Å². The number of thiophene rings is 1. The third-order valence-corrected chi connectivity index (χ3v) is 6.19. The first-order valence-corrected chi connectivity index (χ1v) is 8.55.